The van der Waals surface area contributed by atoms with E-state index in [1.54, 1.807) is 6.08 Å². The molecule has 3 aromatic rings. The molecule has 0 saturated carbocycles. The van der Waals surface area contributed by atoms with Crippen molar-refractivity contribution < 1.29 is 18.7 Å². The van der Waals surface area contributed by atoms with Crippen molar-refractivity contribution in [3.8, 4) is 0 Å². The van der Waals surface area contributed by atoms with Gasteiger partial charge in [0.2, 0.25) is 5.95 Å². The molecule has 186 valence electrons. The van der Waals surface area contributed by atoms with Crippen molar-refractivity contribution in [3.05, 3.63) is 40.9 Å². The first-order valence-electron chi connectivity index (χ1n) is 11.9. The Morgan fingerprint density at radius 1 is 0.917 bits per heavy atom. The highest BCUT2D eigenvalue weighted by molar-refractivity contribution is 8.18. The van der Waals surface area contributed by atoms with Crippen LogP contribution in [-0.2, 0) is 9.53 Å². The molecular formula is C24H25N7O4S. The van der Waals surface area contributed by atoms with Gasteiger partial charge in [-0.15, -0.1) is 0 Å². The van der Waals surface area contributed by atoms with Gasteiger partial charge in [0.25, 0.3) is 17.2 Å². The second-order valence-corrected chi connectivity index (χ2v) is 9.71. The molecule has 3 fully saturated rings. The Labute approximate surface area is 211 Å². The van der Waals surface area contributed by atoms with Crippen LogP contribution in [0.2, 0.25) is 0 Å². The standard InChI is InChI=1S/C24H25N7O4S/c32-21-19(36-24(33)28-21)14-16-15-20(29-10-12-34-13-11-29)27-22(25-16)30-6-3-7-31(9-8-30)23-26-17-4-1-2-5-18(17)35-23/h1-2,4-5,14-15H,3,6-13H2,(H,28,32,33). The monoisotopic (exact) mass is 507 g/mol. The fourth-order valence-electron chi connectivity index (χ4n) is 4.47. The van der Waals surface area contributed by atoms with Crippen LogP contribution >= 0.6 is 11.8 Å². The third-order valence-electron chi connectivity index (χ3n) is 6.31. The van der Waals surface area contributed by atoms with Crippen molar-refractivity contribution in [2.75, 3.05) is 67.2 Å². The topological polar surface area (TPSA) is 117 Å². The summed E-state index contributed by atoms with van der Waals surface area (Å²) in [6.45, 7) is 5.69. The predicted octanol–water partition coefficient (Wildman–Crippen LogP) is 2.50. The lowest BCUT2D eigenvalue weighted by Gasteiger charge is -2.29. The van der Waals surface area contributed by atoms with Crippen molar-refractivity contribution in [2.24, 2.45) is 0 Å². The van der Waals surface area contributed by atoms with Crippen LogP contribution < -0.4 is 20.0 Å². The lowest BCUT2D eigenvalue weighted by atomic mass is 10.3. The largest absolute Gasteiger partial charge is 0.423 e. The third kappa shape index (κ3) is 4.73. The van der Waals surface area contributed by atoms with E-state index in [0.717, 1.165) is 61.3 Å². The first kappa shape index (κ1) is 22.8. The van der Waals surface area contributed by atoms with Crippen LogP contribution in [-0.4, -0.2) is 78.6 Å². The van der Waals surface area contributed by atoms with E-state index in [1.807, 2.05) is 30.3 Å². The number of nitrogens with one attached hydrogen (secondary N) is 1. The van der Waals surface area contributed by atoms with Gasteiger partial charge in [-0.1, -0.05) is 12.1 Å². The van der Waals surface area contributed by atoms with Gasteiger partial charge in [-0.3, -0.25) is 14.9 Å². The van der Waals surface area contributed by atoms with E-state index in [0.29, 0.717) is 48.9 Å². The Bertz CT molecular complexity index is 1300. The number of hydrogen-bond acceptors (Lipinski definition) is 11. The number of hydrogen-bond donors (Lipinski definition) is 1. The van der Waals surface area contributed by atoms with Crippen LogP contribution in [0.1, 0.15) is 12.1 Å². The van der Waals surface area contributed by atoms with Gasteiger partial charge in [0.05, 0.1) is 23.8 Å². The van der Waals surface area contributed by atoms with E-state index < -0.39 is 5.91 Å². The van der Waals surface area contributed by atoms with Crippen molar-refractivity contribution in [3.63, 3.8) is 0 Å². The maximum absolute atomic E-state index is 12.1. The number of morpholine rings is 1. The van der Waals surface area contributed by atoms with Crippen molar-refractivity contribution in [2.45, 2.75) is 6.42 Å². The third-order valence-corrected chi connectivity index (χ3v) is 7.12. The molecule has 12 heteroatoms. The van der Waals surface area contributed by atoms with Gasteiger partial charge in [-0.25, -0.2) is 4.98 Å². The molecule has 3 aliphatic rings. The molecular weight excluding hydrogens is 482 g/mol. The van der Waals surface area contributed by atoms with Crippen LogP contribution in [0.5, 0.6) is 0 Å². The van der Waals surface area contributed by atoms with Crippen molar-refractivity contribution >= 4 is 57.9 Å². The number of benzene rings is 1. The number of carbonyl (C=O) groups is 2. The molecule has 1 aromatic carbocycles. The number of thioether (sulfide) groups is 1. The lowest BCUT2D eigenvalue weighted by molar-refractivity contribution is -0.115. The fraction of sp³-hybridized carbons (Fsp3) is 0.375. The highest BCUT2D eigenvalue weighted by Crippen LogP contribution is 2.28. The first-order chi connectivity index (χ1) is 17.6. The Balaban J connectivity index is 1.27. The zero-order valence-corrected chi connectivity index (χ0v) is 20.4. The molecule has 0 radical (unpaired) electrons. The maximum Gasteiger partial charge on any atom is 0.298 e. The van der Waals surface area contributed by atoms with Gasteiger partial charge in [0.1, 0.15) is 11.3 Å². The smallest absolute Gasteiger partial charge is 0.298 e. The summed E-state index contributed by atoms with van der Waals surface area (Å²) in [4.78, 5) is 44.9. The Hall–Kier alpha value is -3.64. The average molecular weight is 508 g/mol. The van der Waals surface area contributed by atoms with E-state index in [9.17, 15) is 9.59 Å². The molecule has 11 nitrogen and oxygen atoms in total. The summed E-state index contributed by atoms with van der Waals surface area (Å²) in [5, 5.41) is 1.92. The number of para-hydroxylation sites is 2. The minimum absolute atomic E-state index is 0.329. The number of fused-ring (bicyclic) bond motifs is 1. The number of oxazole rings is 1. The highest BCUT2D eigenvalue weighted by atomic mass is 32.2. The summed E-state index contributed by atoms with van der Waals surface area (Å²) in [5.41, 5.74) is 2.22. The number of rotatable bonds is 4. The summed E-state index contributed by atoms with van der Waals surface area (Å²) in [6, 6.07) is 10.3. The number of amides is 2. The minimum atomic E-state index is -0.401. The molecule has 0 atom stereocenters. The highest BCUT2D eigenvalue weighted by Gasteiger charge is 2.27. The van der Waals surface area contributed by atoms with Gasteiger partial charge in [0, 0.05) is 45.3 Å². The van der Waals surface area contributed by atoms with Gasteiger partial charge < -0.3 is 23.9 Å². The van der Waals surface area contributed by atoms with Crippen molar-refractivity contribution in [1.29, 1.82) is 0 Å². The summed E-state index contributed by atoms with van der Waals surface area (Å²) < 4.78 is 11.5. The second kappa shape index (κ2) is 9.78. The van der Waals surface area contributed by atoms with Crippen LogP contribution in [0.3, 0.4) is 0 Å². The number of ether oxygens (including phenoxy) is 1. The van der Waals surface area contributed by atoms with E-state index >= 15 is 0 Å². The van der Waals surface area contributed by atoms with Gasteiger partial charge in [-0.05, 0) is 36.4 Å². The van der Waals surface area contributed by atoms with Gasteiger partial charge >= 0.3 is 0 Å². The molecule has 0 aliphatic carbocycles. The van der Waals surface area contributed by atoms with Gasteiger partial charge in [0.15, 0.2) is 5.58 Å². The Kier molecular flexibility index (Phi) is 6.20. The molecule has 2 amide bonds. The number of nitrogens with zero attached hydrogens (tertiary/aromatic N) is 6. The summed E-state index contributed by atoms with van der Waals surface area (Å²) in [6.07, 6.45) is 2.54. The zero-order valence-electron chi connectivity index (χ0n) is 19.6. The number of anilines is 3. The van der Waals surface area contributed by atoms with Crippen LogP contribution in [0, 0.1) is 0 Å². The zero-order chi connectivity index (χ0) is 24.5. The quantitative estimate of drug-likeness (QED) is 0.525. The summed E-state index contributed by atoms with van der Waals surface area (Å²) in [7, 11) is 0. The predicted molar refractivity (Wildman–Crippen MR) is 137 cm³/mol. The molecule has 3 aliphatic heterocycles. The molecule has 6 rings (SSSR count). The minimum Gasteiger partial charge on any atom is -0.423 e. The molecule has 36 heavy (non-hydrogen) atoms. The summed E-state index contributed by atoms with van der Waals surface area (Å²) in [5.74, 6) is 0.978. The fourth-order valence-corrected chi connectivity index (χ4v) is 5.14. The van der Waals surface area contributed by atoms with Gasteiger partial charge in [-0.2, -0.15) is 9.97 Å². The van der Waals surface area contributed by atoms with Crippen LogP contribution in [0.25, 0.3) is 17.2 Å². The Morgan fingerprint density at radius 2 is 1.72 bits per heavy atom. The van der Waals surface area contributed by atoms with Crippen LogP contribution in [0.15, 0.2) is 39.7 Å². The maximum atomic E-state index is 12.1. The number of carbonyl (C=O) groups excluding carboxylic acids is 2. The average Bonchev–Trinajstić information content (AvgIpc) is 3.36. The summed E-state index contributed by atoms with van der Waals surface area (Å²) >= 11 is 0.884. The number of imide groups is 1. The molecule has 2 aromatic heterocycles. The second-order valence-electron chi connectivity index (χ2n) is 8.69. The molecule has 1 N–H and O–H groups in total. The first-order valence-corrected chi connectivity index (χ1v) is 12.8. The molecule has 5 heterocycles. The van der Waals surface area contributed by atoms with E-state index in [-0.39, 0.29) is 5.24 Å². The van der Waals surface area contributed by atoms with E-state index in [2.05, 4.69) is 25.0 Å². The molecule has 3 saturated heterocycles. The normalized spacial score (nSPS) is 20.3. The van der Waals surface area contributed by atoms with Crippen LogP contribution in [0.4, 0.5) is 22.6 Å². The van der Waals surface area contributed by atoms with E-state index in [1.165, 1.54) is 0 Å². The van der Waals surface area contributed by atoms with E-state index in [4.69, 9.17) is 19.1 Å². The molecule has 0 bridgehead atoms. The molecule has 0 unspecified atom stereocenters. The lowest BCUT2D eigenvalue weighted by Crippen LogP contribution is -2.37. The SMILES string of the molecule is O=C1NC(=O)C(=Cc2cc(N3CCOCC3)nc(N3CCCN(c4nc5ccccc5o4)CC3)n2)S1. The Morgan fingerprint density at radius 3 is 2.53 bits per heavy atom. The van der Waals surface area contributed by atoms with Crippen molar-refractivity contribution in [1.82, 2.24) is 20.3 Å². The molecule has 0 spiro atoms. The number of aromatic nitrogens is 3.